The van der Waals surface area contributed by atoms with Gasteiger partial charge in [0.1, 0.15) is 0 Å². The van der Waals surface area contributed by atoms with Gasteiger partial charge in [-0.15, -0.1) is 11.8 Å². The molecule has 0 saturated carbocycles. The minimum Gasteiger partial charge on any atom is -0.381 e. The Hall–Kier alpha value is -1.24. The van der Waals surface area contributed by atoms with Crippen molar-refractivity contribution in [2.75, 3.05) is 45.6 Å². The second kappa shape index (κ2) is 10.5. The number of ether oxygens (including phenoxy) is 1. The Morgan fingerprint density at radius 1 is 1.21 bits per heavy atom. The normalized spacial score (nSPS) is 20.3. The van der Waals surface area contributed by atoms with Crippen molar-refractivity contribution in [3.05, 3.63) is 29.3 Å². The topological polar surface area (TPSA) is 48.9 Å². The molecular weight excluding hydrogens is 368 g/mol. The van der Waals surface area contributed by atoms with Gasteiger partial charge in [-0.1, -0.05) is 12.1 Å². The van der Waals surface area contributed by atoms with Crippen LogP contribution in [0.5, 0.6) is 0 Å². The lowest BCUT2D eigenvalue weighted by Crippen LogP contribution is -2.58. The van der Waals surface area contributed by atoms with Crippen molar-refractivity contribution in [2.24, 2.45) is 4.99 Å². The fourth-order valence-electron chi connectivity index (χ4n) is 4.28. The third-order valence-corrected chi connectivity index (χ3v) is 6.80. The van der Waals surface area contributed by atoms with Gasteiger partial charge in [-0.2, -0.15) is 0 Å². The molecule has 28 heavy (non-hydrogen) atoms. The predicted molar refractivity (Wildman–Crippen MR) is 119 cm³/mol. The van der Waals surface area contributed by atoms with E-state index in [0.717, 1.165) is 45.1 Å². The Morgan fingerprint density at radius 3 is 2.64 bits per heavy atom. The Bertz CT molecular complexity index is 652. The molecule has 0 atom stereocenters. The highest BCUT2D eigenvalue weighted by molar-refractivity contribution is 7.98. The molecule has 0 amide bonds. The average molecular weight is 405 g/mol. The number of guanidine groups is 1. The first kappa shape index (κ1) is 21.5. The van der Waals surface area contributed by atoms with Gasteiger partial charge in [-0.25, -0.2) is 4.99 Å². The zero-order chi connectivity index (χ0) is 19.8. The molecule has 0 aliphatic carbocycles. The lowest BCUT2D eigenvalue weighted by Gasteiger charge is -2.45. The molecule has 2 fully saturated rings. The number of nitrogens with one attached hydrogen (secondary N) is 2. The van der Waals surface area contributed by atoms with Crippen LogP contribution in [-0.4, -0.2) is 62.0 Å². The molecule has 0 aromatic heterocycles. The highest BCUT2D eigenvalue weighted by atomic mass is 32.2. The summed E-state index contributed by atoms with van der Waals surface area (Å²) in [5.41, 5.74) is 2.80. The van der Waals surface area contributed by atoms with Crippen LogP contribution in [-0.2, 0) is 11.3 Å². The van der Waals surface area contributed by atoms with Crippen LogP contribution in [0, 0.1) is 6.92 Å². The highest BCUT2D eigenvalue weighted by Crippen LogP contribution is 2.30. The van der Waals surface area contributed by atoms with E-state index in [1.807, 2.05) is 0 Å². The summed E-state index contributed by atoms with van der Waals surface area (Å²) in [6.07, 6.45) is 6.99. The van der Waals surface area contributed by atoms with Crippen molar-refractivity contribution in [3.63, 3.8) is 0 Å². The number of hydrogen-bond acceptors (Lipinski definition) is 4. The largest absolute Gasteiger partial charge is 0.381 e. The molecule has 0 unspecified atom stereocenters. The predicted octanol–water partition coefficient (Wildman–Crippen LogP) is 3.42. The van der Waals surface area contributed by atoms with Crippen LogP contribution in [0.25, 0.3) is 0 Å². The number of nitrogens with zero attached hydrogens (tertiary/aromatic N) is 2. The number of thioether (sulfide) groups is 1. The molecule has 0 radical (unpaired) electrons. The van der Waals surface area contributed by atoms with Crippen molar-refractivity contribution in [1.29, 1.82) is 0 Å². The molecule has 0 spiro atoms. The molecule has 1 aromatic carbocycles. The number of benzene rings is 1. The van der Waals surface area contributed by atoms with Gasteiger partial charge >= 0.3 is 0 Å². The molecule has 3 rings (SSSR count). The van der Waals surface area contributed by atoms with Crippen molar-refractivity contribution in [1.82, 2.24) is 15.5 Å². The Labute approximate surface area is 174 Å². The summed E-state index contributed by atoms with van der Waals surface area (Å²) in [6, 6.07) is 6.63. The third-order valence-electron chi connectivity index (χ3n) is 5.98. The second-order valence-electron chi connectivity index (χ2n) is 7.89. The Kier molecular flexibility index (Phi) is 8.06. The van der Waals surface area contributed by atoms with E-state index in [0.29, 0.717) is 6.54 Å². The van der Waals surface area contributed by atoms with Crippen LogP contribution in [0.4, 0.5) is 0 Å². The second-order valence-corrected chi connectivity index (χ2v) is 8.74. The first-order valence-corrected chi connectivity index (χ1v) is 11.9. The van der Waals surface area contributed by atoms with Crippen LogP contribution in [0.15, 0.2) is 28.1 Å². The van der Waals surface area contributed by atoms with Crippen molar-refractivity contribution < 1.29 is 4.74 Å². The van der Waals surface area contributed by atoms with Gasteiger partial charge in [-0.3, -0.25) is 4.90 Å². The van der Waals surface area contributed by atoms with Gasteiger partial charge in [0.05, 0.1) is 6.54 Å². The zero-order valence-electron chi connectivity index (χ0n) is 17.7. The summed E-state index contributed by atoms with van der Waals surface area (Å²) in [5, 5.41) is 7.09. The highest BCUT2D eigenvalue weighted by Gasteiger charge is 2.39. The number of hydrogen-bond donors (Lipinski definition) is 2. The van der Waals surface area contributed by atoms with Gasteiger partial charge in [0.15, 0.2) is 5.96 Å². The maximum Gasteiger partial charge on any atom is 0.191 e. The molecule has 2 aliphatic heterocycles. The lowest BCUT2D eigenvalue weighted by molar-refractivity contribution is -0.0164. The molecule has 1 aromatic rings. The van der Waals surface area contributed by atoms with E-state index in [-0.39, 0.29) is 5.54 Å². The Balaban J connectivity index is 1.68. The molecule has 2 heterocycles. The molecule has 0 bridgehead atoms. The quantitative estimate of drug-likeness (QED) is 0.414. The van der Waals surface area contributed by atoms with E-state index in [1.54, 1.807) is 11.8 Å². The van der Waals surface area contributed by atoms with Gasteiger partial charge < -0.3 is 15.4 Å². The van der Waals surface area contributed by atoms with Gasteiger partial charge in [0.2, 0.25) is 0 Å². The maximum absolute atomic E-state index is 5.68. The van der Waals surface area contributed by atoms with E-state index in [4.69, 9.17) is 9.73 Å². The van der Waals surface area contributed by atoms with Crippen molar-refractivity contribution in [2.45, 2.75) is 56.5 Å². The SMILES string of the molecule is CCNC(=NCc1ccc(C)cc1SC)NCC1(N2CCCC2)CCOCC1. The third kappa shape index (κ3) is 5.43. The van der Waals surface area contributed by atoms with Crippen LogP contribution >= 0.6 is 11.8 Å². The molecule has 2 aliphatic rings. The number of likely N-dealkylation sites (tertiary alicyclic amines) is 1. The minimum atomic E-state index is 0.208. The van der Waals surface area contributed by atoms with E-state index >= 15 is 0 Å². The van der Waals surface area contributed by atoms with Crippen LogP contribution in [0.2, 0.25) is 0 Å². The maximum atomic E-state index is 5.68. The van der Waals surface area contributed by atoms with Crippen LogP contribution in [0.1, 0.15) is 43.7 Å². The summed E-state index contributed by atoms with van der Waals surface area (Å²) < 4.78 is 5.68. The summed E-state index contributed by atoms with van der Waals surface area (Å²) >= 11 is 1.80. The molecule has 2 N–H and O–H groups in total. The smallest absolute Gasteiger partial charge is 0.191 e. The fourth-order valence-corrected chi connectivity index (χ4v) is 4.98. The lowest BCUT2D eigenvalue weighted by atomic mass is 9.88. The molecule has 2 saturated heterocycles. The monoisotopic (exact) mass is 404 g/mol. The summed E-state index contributed by atoms with van der Waals surface area (Å²) in [7, 11) is 0. The van der Waals surface area contributed by atoms with Crippen molar-refractivity contribution in [3.8, 4) is 0 Å². The first-order chi connectivity index (χ1) is 13.7. The van der Waals surface area contributed by atoms with Crippen LogP contribution in [0.3, 0.4) is 0 Å². The average Bonchev–Trinajstić information content (AvgIpc) is 3.27. The number of aliphatic imine (C=N–C) groups is 1. The standard InChI is InChI=1S/C22H36N4OS/c1-4-23-21(24-16-19-8-7-18(2)15-20(19)28-3)25-17-22(9-13-27-14-10-22)26-11-5-6-12-26/h7-8,15H,4-6,9-14,16-17H2,1-3H3,(H2,23,24,25). The summed E-state index contributed by atoms with van der Waals surface area (Å²) in [6.45, 7) is 10.9. The molecule has 5 nitrogen and oxygen atoms in total. The van der Waals surface area contributed by atoms with Gasteiger partial charge in [0, 0.05) is 36.7 Å². The fraction of sp³-hybridized carbons (Fsp3) is 0.682. The number of rotatable bonds is 7. The zero-order valence-corrected chi connectivity index (χ0v) is 18.5. The Morgan fingerprint density at radius 2 is 1.96 bits per heavy atom. The van der Waals surface area contributed by atoms with Crippen LogP contribution < -0.4 is 10.6 Å². The summed E-state index contributed by atoms with van der Waals surface area (Å²) in [5.74, 6) is 0.917. The number of aryl methyl sites for hydroxylation is 1. The van der Waals surface area contributed by atoms with E-state index in [2.05, 4.69) is 53.8 Å². The first-order valence-electron chi connectivity index (χ1n) is 10.7. The van der Waals surface area contributed by atoms with Crippen molar-refractivity contribution >= 4 is 17.7 Å². The van der Waals surface area contributed by atoms with E-state index in [1.165, 1.54) is 42.0 Å². The summed E-state index contributed by atoms with van der Waals surface area (Å²) in [4.78, 5) is 8.90. The molecule has 6 heteroatoms. The van der Waals surface area contributed by atoms with Gasteiger partial charge in [-0.05, 0) is 76.1 Å². The van der Waals surface area contributed by atoms with Gasteiger partial charge in [0.25, 0.3) is 0 Å². The minimum absolute atomic E-state index is 0.208. The van der Waals surface area contributed by atoms with E-state index < -0.39 is 0 Å². The molecular formula is C22H36N4OS. The molecule has 156 valence electrons. The van der Waals surface area contributed by atoms with E-state index in [9.17, 15) is 0 Å².